The molecule has 6 heteroatoms. The van der Waals surface area contributed by atoms with Crippen LogP contribution in [0.4, 0.5) is 4.79 Å². The van der Waals surface area contributed by atoms with E-state index >= 15 is 0 Å². The van der Waals surface area contributed by atoms with Gasteiger partial charge in [-0.1, -0.05) is 55.8 Å². The number of benzene rings is 2. The van der Waals surface area contributed by atoms with E-state index in [1.54, 1.807) is 12.1 Å². The smallest absolute Gasteiger partial charge is 0.407 e. The van der Waals surface area contributed by atoms with Crippen LogP contribution in [0.25, 0.3) is 22.4 Å². The maximum Gasteiger partial charge on any atom is 0.407 e. The van der Waals surface area contributed by atoms with E-state index in [1.807, 2.05) is 39.0 Å². The Hall–Kier alpha value is -3.67. The first-order valence-electron chi connectivity index (χ1n) is 12.2. The number of nitrogens with one attached hydrogen (secondary N) is 1. The first-order valence-corrected chi connectivity index (χ1v) is 12.2. The van der Waals surface area contributed by atoms with Gasteiger partial charge in [0.1, 0.15) is 5.60 Å². The standard InChI is InChI=1S/C30H36N2O4/c1-19(2)15-27-25(18-31-29(34)36-30(4,5)6)24(21-13-11-20(3)12-14-21)17-26(32-27)22-9-8-10-23(16-22)28(33)35-7/h8-14,16-17,19H,15,18H2,1-7H3,(H,31,34). The fraction of sp³-hybridized carbons (Fsp3) is 0.367. The average Bonchev–Trinajstić information content (AvgIpc) is 2.81. The number of esters is 1. The summed E-state index contributed by atoms with van der Waals surface area (Å²) in [5.41, 5.74) is 6.48. The molecule has 3 aromatic rings. The van der Waals surface area contributed by atoms with E-state index in [0.29, 0.717) is 11.5 Å². The Bertz CT molecular complexity index is 1220. The van der Waals surface area contributed by atoms with Crippen molar-refractivity contribution in [1.82, 2.24) is 10.3 Å². The van der Waals surface area contributed by atoms with Crippen LogP contribution in [0.3, 0.4) is 0 Å². The molecule has 1 amide bonds. The second kappa shape index (κ2) is 11.4. The minimum Gasteiger partial charge on any atom is -0.465 e. The molecule has 0 aliphatic heterocycles. The minimum absolute atomic E-state index is 0.287. The lowest BCUT2D eigenvalue weighted by molar-refractivity contribution is 0.0522. The van der Waals surface area contributed by atoms with E-state index in [4.69, 9.17) is 14.5 Å². The van der Waals surface area contributed by atoms with Crippen LogP contribution in [0.15, 0.2) is 54.6 Å². The quantitative estimate of drug-likeness (QED) is 0.373. The van der Waals surface area contributed by atoms with Crippen molar-refractivity contribution in [2.45, 2.75) is 60.1 Å². The van der Waals surface area contributed by atoms with E-state index in [0.717, 1.165) is 45.6 Å². The molecule has 0 saturated carbocycles. The molecule has 0 aliphatic rings. The summed E-state index contributed by atoms with van der Waals surface area (Å²) >= 11 is 0. The van der Waals surface area contributed by atoms with Gasteiger partial charge in [0, 0.05) is 23.4 Å². The molecule has 190 valence electrons. The highest BCUT2D eigenvalue weighted by molar-refractivity contribution is 5.91. The van der Waals surface area contributed by atoms with Gasteiger partial charge in [0.25, 0.3) is 0 Å². The summed E-state index contributed by atoms with van der Waals surface area (Å²) < 4.78 is 10.4. The van der Waals surface area contributed by atoms with Crippen molar-refractivity contribution < 1.29 is 19.1 Å². The maximum absolute atomic E-state index is 12.5. The van der Waals surface area contributed by atoms with Gasteiger partial charge in [-0.25, -0.2) is 9.59 Å². The highest BCUT2D eigenvalue weighted by atomic mass is 16.6. The summed E-state index contributed by atoms with van der Waals surface area (Å²) in [6, 6.07) is 17.6. The topological polar surface area (TPSA) is 77.5 Å². The molecule has 1 N–H and O–H groups in total. The Labute approximate surface area is 214 Å². The number of carbonyl (C=O) groups excluding carboxylic acids is 2. The van der Waals surface area contributed by atoms with Gasteiger partial charge in [-0.05, 0) is 69.4 Å². The van der Waals surface area contributed by atoms with Crippen LogP contribution in [-0.2, 0) is 22.4 Å². The number of hydrogen-bond acceptors (Lipinski definition) is 5. The molecule has 2 aromatic carbocycles. The van der Waals surface area contributed by atoms with Crippen molar-refractivity contribution >= 4 is 12.1 Å². The lowest BCUT2D eigenvalue weighted by Crippen LogP contribution is -2.32. The Kier molecular flexibility index (Phi) is 8.51. The summed E-state index contributed by atoms with van der Waals surface area (Å²) in [5.74, 6) is -0.0449. The number of rotatable bonds is 7. The van der Waals surface area contributed by atoms with E-state index in [1.165, 1.54) is 7.11 Å². The number of nitrogens with zero attached hydrogens (tertiary/aromatic N) is 1. The molecule has 36 heavy (non-hydrogen) atoms. The summed E-state index contributed by atoms with van der Waals surface area (Å²) in [6.07, 6.45) is 0.261. The third kappa shape index (κ3) is 7.17. The van der Waals surface area contributed by atoms with Gasteiger partial charge in [-0.15, -0.1) is 0 Å². The molecule has 6 nitrogen and oxygen atoms in total. The molecular weight excluding hydrogens is 452 g/mol. The molecule has 1 aromatic heterocycles. The second-order valence-corrected chi connectivity index (χ2v) is 10.4. The molecule has 0 spiro atoms. The first kappa shape index (κ1) is 26.9. The maximum atomic E-state index is 12.5. The highest BCUT2D eigenvalue weighted by Gasteiger charge is 2.20. The van der Waals surface area contributed by atoms with Crippen LogP contribution in [0.2, 0.25) is 0 Å². The highest BCUT2D eigenvalue weighted by Crippen LogP contribution is 2.32. The van der Waals surface area contributed by atoms with Gasteiger partial charge in [-0.2, -0.15) is 0 Å². The lowest BCUT2D eigenvalue weighted by Gasteiger charge is -2.22. The number of alkyl carbamates (subject to hydrolysis) is 1. The van der Waals surface area contributed by atoms with Gasteiger partial charge in [0.15, 0.2) is 0 Å². The van der Waals surface area contributed by atoms with Crippen molar-refractivity contribution in [3.8, 4) is 22.4 Å². The van der Waals surface area contributed by atoms with Crippen molar-refractivity contribution in [1.29, 1.82) is 0 Å². The van der Waals surface area contributed by atoms with Crippen molar-refractivity contribution in [2.75, 3.05) is 7.11 Å². The van der Waals surface area contributed by atoms with Gasteiger partial charge in [0.05, 0.1) is 18.4 Å². The van der Waals surface area contributed by atoms with Crippen molar-refractivity contribution in [3.05, 3.63) is 77.0 Å². The van der Waals surface area contributed by atoms with Crippen LogP contribution >= 0.6 is 0 Å². The zero-order valence-electron chi connectivity index (χ0n) is 22.3. The van der Waals surface area contributed by atoms with Crippen molar-refractivity contribution in [2.24, 2.45) is 5.92 Å². The summed E-state index contributed by atoms with van der Waals surface area (Å²) in [4.78, 5) is 29.6. The number of carbonyl (C=O) groups is 2. The predicted octanol–water partition coefficient (Wildman–Crippen LogP) is 6.73. The SMILES string of the molecule is COC(=O)c1cccc(-c2cc(-c3ccc(C)cc3)c(CNC(=O)OC(C)(C)C)c(CC(C)C)n2)c1. The van der Waals surface area contributed by atoms with Gasteiger partial charge in [-0.3, -0.25) is 4.98 Å². The van der Waals surface area contributed by atoms with Crippen LogP contribution < -0.4 is 5.32 Å². The monoisotopic (exact) mass is 488 g/mol. The molecule has 0 atom stereocenters. The minimum atomic E-state index is -0.586. The Morgan fingerprint density at radius 3 is 2.31 bits per heavy atom. The number of aromatic nitrogens is 1. The third-order valence-corrected chi connectivity index (χ3v) is 5.56. The van der Waals surface area contributed by atoms with Crippen molar-refractivity contribution in [3.63, 3.8) is 0 Å². The third-order valence-electron chi connectivity index (χ3n) is 5.56. The lowest BCUT2D eigenvalue weighted by atomic mass is 9.92. The summed E-state index contributed by atoms with van der Waals surface area (Å²) in [6.45, 7) is 12.1. The summed E-state index contributed by atoms with van der Waals surface area (Å²) in [5, 5.41) is 2.92. The Morgan fingerprint density at radius 2 is 1.69 bits per heavy atom. The number of amides is 1. The molecule has 0 radical (unpaired) electrons. The molecule has 0 fully saturated rings. The Morgan fingerprint density at radius 1 is 1.00 bits per heavy atom. The normalized spacial score (nSPS) is 11.3. The molecule has 3 rings (SSSR count). The van der Waals surface area contributed by atoms with Gasteiger partial charge in [0.2, 0.25) is 0 Å². The molecule has 0 unspecified atom stereocenters. The average molecular weight is 489 g/mol. The van der Waals surface area contributed by atoms with Crippen LogP contribution in [0.5, 0.6) is 0 Å². The number of aryl methyl sites for hydroxylation is 1. The number of methoxy groups -OCH3 is 1. The summed E-state index contributed by atoms with van der Waals surface area (Å²) in [7, 11) is 1.37. The van der Waals surface area contributed by atoms with E-state index < -0.39 is 17.7 Å². The molecular formula is C30H36N2O4. The molecule has 0 bridgehead atoms. The fourth-order valence-electron chi connectivity index (χ4n) is 3.91. The van der Waals surface area contributed by atoms with Gasteiger partial charge < -0.3 is 14.8 Å². The van der Waals surface area contributed by atoms with E-state index in [2.05, 4.69) is 50.4 Å². The predicted molar refractivity (Wildman–Crippen MR) is 143 cm³/mol. The zero-order chi connectivity index (χ0) is 26.5. The van der Waals surface area contributed by atoms with Crippen LogP contribution in [0, 0.1) is 12.8 Å². The molecule has 1 heterocycles. The molecule has 0 aliphatic carbocycles. The van der Waals surface area contributed by atoms with E-state index in [9.17, 15) is 9.59 Å². The zero-order valence-corrected chi connectivity index (χ0v) is 22.3. The van der Waals surface area contributed by atoms with Crippen LogP contribution in [0.1, 0.15) is 61.8 Å². The van der Waals surface area contributed by atoms with Crippen LogP contribution in [-0.4, -0.2) is 29.8 Å². The largest absolute Gasteiger partial charge is 0.465 e. The Balaban J connectivity index is 2.15. The molecule has 0 saturated heterocycles. The number of ether oxygens (including phenoxy) is 2. The van der Waals surface area contributed by atoms with E-state index in [-0.39, 0.29) is 6.54 Å². The first-order chi connectivity index (χ1) is 17.0. The number of pyridine rings is 1. The van der Waals surface area contributed by atoms with Gasteiger partial charge >= 0.3 is 12.1 Å². The fourth-order valence-corrected chi connectivity index (χ4v) is 3.91. The second-order valence-electron chi connectivity index (χ2n) is 10.4. The number of hydrogen-bond donors (Lipinski definition) is 1.